The quantitative estimate of drug-likeness (QED) is 0.667. The highest BCUT2D eigenvalue weighted by molar-refractivity contribution is 6.09. The predicted octanol–water partition coefficient (Wildman–Crippen LogP) is 5.64. The third-order valence-electron chi connectivity index (χ3n) is 6.76. The van der Waals surface area contributed by atoms with Crippen molar-refractivity contribution in [3.8, 4) is 0 Å². The van der Waals surface area contributed by atoms with E-state index in [0.717, 1.165) is 6.42 Å². The number of benzene rings is 1. The minimum atomic E-state index is -0.885. The average Bonchev–Trinajstić information content (AvgIpc) is 3.00. The van der Waals surface area contributed by atoms with Crippen LogP contribution in [0.5, 0.6) is 0 Å². The van der Waals surface area contributed by atoms with Crippen molar-refractivity contribution in [2.45, 2.75) is 67.7 Å². The molecule has 2 aliphatic carbocycles. The van der Waals surface area contributed by atoms with E-state index in [0.29, 0.717) is 12.8 Å². The second-order valence-corrected chi connectivity index (χ2v) is 8.43. The molecule has 0 aliphatic heterocycles. The monoisotopic (exact) mass is 340 g/mol. The van der Waals surface area contributed by atoms with Crippen LogP contribution < -0.4 is 0 Å². The Bertz CT molecular complexity index is 721. The maximum atomic E-state index is 13.0. The second kappa shape index (κ2) is 6.55. The van der Waals surface area contributed by atoms with E-state index in [1.54, 1.807) is 6.92 Å². The fourth-order valence-corrected chi connectivity index (χ4v) is 4.59. The van der Waals surface area contributed by atoms with E-state index < -0.39 is 5.41 Å². The Morgan fingerprint density at radius 3 is 2.16 bits per heavy atom. The molecule has 0 saturated heterocycles. The van der Waals surface area contributed by atoms with Crippen molar-refractivity contribution < 1.29 is 9.59 Å². The summed E-state index contributed by atoms with van der Waals surface area (Å²) in [4.78, 5) is 25.7. The zero-order valence-corrected chi connectivity index (χ0v) is 16.8. The van der Waals surface area contributed by atoms with Gasteiger partial charge in [0, 0.05) is 6.42 Å². The van der Waals surface area contributed by atoms with Gasteiger partial charge in [0.2, 0.25) is 0 Å². The molecular weight excluding hydrogens is 308 g/mol. The van der Waals surface area contributed by atoms with E-state index in [9.17, 15) is 9.59 Å². The topological polar surface area (TPSA) is 34.1 Å². The van der Waals surface area contributed by atoms with E-state index in [1.807, 2.05) is 26.0 Å². The fourth-order valence-electron chi connectivity index (χ4n) is 4.59. The van der Waals surface area contributed by atoms with Gasteiger partial charge in [0.05, 0.1) is 5.41 Å². The Balaban J connectivity index is 0.00000109. The minimum Gasteiger partial charge on any atom is -0.299 e. The molecule has 3 rings (SSSR count). The number of Topliss-reactive ketones (excluding diaryl/α,β-unsaturated/α-hetero) is 2. The largest absolute Gasteiger partial charge is 0.299 e. The van der Waals surface area contributed by atoms with Gasteiger partial charge in [0.1, 0.15) is 11.6 Å². The molecule has 1 aromatic carbocycles. The first kappa shape index (κ1) is 19.6. The van der Waals surface area contributed by atoms with Gasteiger partial charge in [-0.15, -0.1) is 0 Å². The lowest BCUT2D eigenvalue weighted by Crippen LogP contribution is -2.48. The van der Waals surface area contributed by atoms with Gasteiger partial charge in [-0.2, -0.15) is 0 Å². The van der Waals surface area contributed by atoms with E-state index in [1.165, 1.54) is 16.7 Å². The number of fused-ring (bicyclic) bond motifs is 1. The zero-order valence-electron chi connectivity index (χ0n) is 16.8. The number of ketones is 2. The molecule has 0 aromatic heterocycles. The molecule has 136 valence electrons. The summed E-state index contributed by atoms with van der Waals surface area (Å²) in [5.74, 6) is 0.145. The molecule has 2 nitrogen and oxygen atoms in total. The third-order valence-corrected chi connectivity index (χ3v) is 6.76. The molecule has 0 N–H and O–H groups in total. The van der Waals surface area contributed by atoms with Crippen molar-refractivity contribution in [3.63, 3.8) is 0 Å². The van der Waals surface area contributed by atoms with Crippen molar-refractivity contribution >= 4 is 17.6 Å². The van der Waals surface area contributed by atoms with E-state index in [4.69, 9.17) is 0 Å². The molecule has 0 spiro atoms. The van der Waals surface area contributed by atoms with Crippen LogP contribution in [0.15, 0.2) is 29.8 Å². The van der Waals surface area contributed by atoms with Gasteiger partial charge in [-0.1, -0.05) is 77.5 Å². The summed E-state index contributed by atoms with van der Waals surface area (Å²) in [5, 5.41) is 0. The first-order valence-electron chi connectivity index (χ1n) is 9.43. The van der Waals surface area contributed by atoms with Gasteiger partial charge in [0.15, 0.2) is 0 Å². The lowest BCUT2D eigenvalue weighted by molar-refractivity contribution is -0.144. The molecule has 0 bridgehead atoms. The number of rotatable bonds is 3. The van der Waals surface area contributed by atoms with Crippen molar-refractivity contribution in [1.29, 1.82) is 0 Å². The normalized spacial score (nSPS) is 25.7. The van der Waals surface area contributed by atoms with E-state index >= 15 is 0 Å². The van der Waals surface area contributed by atoms with Crippen LogP contribution in [0.25, 0.3) is 6.08 Å². The lowest BCUT2D eigenvalue weighted by atomic mass is 9.56. The molecular formula is C23H32O2. The summed E-state index contributed by atoms with van der Waals surface area (Å²) in [6, 6.07) is 8.32. The molecule has 1 atom stereocenters. The van der Waals surface area contributed by atoms with Gasteiger partial charge in [0.25, 0.3) is 0 Å². The maximum Gasteiger partial charge on any atom is 0.147 e. The summed E-state index contributed by atoms with van der Waals surface area (Å²) in [7, 11) is 0. The molecule has 0 amide bonds. The van der Waals surface area contributed by atoms with Crippen molar-refractivity contribution in [3.05, 3.63) is 41.0 Å². The summed E-state index contributed by atoms with van der Waals surface area (Å²) in [6.45, 7) is 14.0. The maximum absolute atomic E-state index is 13.0. The van der Waals surface area contributed by atoms with Gasteiger partial charge >= 0.3 is 0 Å². The highest BCUT2D eigenvalue weighted by atomic mass is 16.2. The molecule has 25 heavy (non-hydrogen) atoms. The Morgan fingerprint density at radius 2 is 1.68 bits per heavy atom. The Hall–Kier alpha value is -1.70. The number of hydrogen-bond donors (Lipinski definition) is 0. The minimum absolute atomic E-state index is 0.0231. The molecule has 2 aliphatic rings. The zero-order chi connectivity index (χ0) is 19.0. The summed E-state index contributed by atoms with van der Waals surface area (Å²) < 4.78 is 0. The van der Waals surface area contributed by atoms with Crippen LogP contribution in [0.2, 0.25) is 0 Å². The van der Waals surface area contributed by atoms with Crippen LogP contribution in [0.4, 0.5) is 0 Å². The number of carbonyl (C=O) groups excluding carboxylic acids is 2. The molecule has 2 heteroatoms. The highest BCUT2D eigenvalue weighted by Crippen LogP contribution is 2.63. The Kier molecular flexibility index (Phi) is 5.14. The number of allylic oxidation sites excluding steroid dienone is 1. The van der Waals surface area contributed by atoms with E-state index in [2.05, 4.69) is 45.9 Å². The van der Waals surface area contributed by atoms with E-state index in [-0.39, 0.29) is 22.4 Å². The van der Waals surface area contributed by atoms with Crippen molar-refractivity contribution in [1.82, 2.24) is 0 Å². The summed E-state index contributed by atoms with van der Waals surface area (Å²) in [6.07, 6.45) is 4.08. The molecule has 1 aromatic rings. The molecule has 1 fully saturated rings. The Labute approximate surface area is 152 Å². The average molecular weight is 341 g/mol. The van der Waals surface area contributed by atoms with Gasteiger partial charge in [-0.25, -0.2) is 0 Å². The number of carbonyl (C=O) groups is 2. The van der Waals surface area contributed by atoms with Crippen LogP contribution in [0.1, 0.15) is 72.4 Å². The first-order valence-corrected chi connectivity index (χ1v) is 9.43. The van der Waals surface area contributed by atoms with Gasteiger partial charge in [-0.05, 0) is 41.7 Å². The summed E-state index contributed by atoms with van der Waals surface area (Å²) >= 11 is 0. The molecule has 1 unspecified atom stereocenters. The first-order chi connectivity index (χ1) is 11.6. The molecule has 0 heterocycles. The third kappa shape index (κ3) is 2.80. The molecule has 1 saturated carbocycles. The predicted molar refractivity (Wildman–Crippen MR) is 104 cm³/mol. The van der Waals surface area contributed by atoms with Crippen LogP contribution in [0.3, 0.4) is 0 Å². The highest BCUT2D eigenvalue weighted by Gasteiger charge is 2.66. The van der Waals surface area contributed by atoms with Crippen molar-refractivity contribution in [2.75, 3.05) is 0 Å². The molecule has 0 radical (unpaired) electrons. The van der Waals surface area contributed by atoms with Gasteiger partial charge < -0.3 is 0 Å². The van der Waals surface area contributed by atoms with Crippen LogP contribution in [-0.4, -0.2) is 11.6 Å². The number of hydrogen-bond acceptors (Lipinski definition) is 2. The van der Waals surface area contributed by atoms with Gasteiger partial charge in [-0.3, -0.25) is 9.59 Å². The van der Waals surface area contributed by atoms with Crippen LogP contribution in [0, 0.1) is 16.2 Å². The summed E-state index contributed by atoms with van der Waals surface area (Å²) in [5.41, 5.74) is 2.33. The Morgan fingerprint density at radius 1 is 1.08 bits per heavy atom. The fraction of sp³-hybridized carbons (Fsp3) is 0.565. The lowest BCUT2D eigenvalue weighted by Gasteiger charge is -2.45. The smallest absolute Gasteiger partial charge is 0.147 e. The SMILES string of the molecule is CC.CC(=O)C1(CC2=Cc3ccccc3C2)C(=O)CC(C)(C)C1(C)C. The standard InChI is InChI=1S/C21H26O2.C2H6/c1-14(22)21(18(23)13-19(2,3)20(21,4)5)12-15-10-16-8-6-7-9-17(16)11-15;1-2/h6-10H,11-13H2,1-5H3;1-2H3. The van der Waals surface area contributed by atoms with Crippen molar-refractivity contribution in [2.24, 2.45) is 16.2 Å². The van der Waals surface area contributed by atoms with Crippen LogP contribution in [-0.2, 0) is 16.0 Å². The second-order valence-electron chi connectivity index (χ2n) is 8.43. The van der Waals surface area contributed by atoms with Crippen LogP contribution >= 0.6 is 0 Å².